The molecular formula is C24H17N5O. The van der Waals surface area contributed by atoms with E-state index in [0.29, 0.717) is 11.8 Å². The van der Waals surface area contributed by atoms with E-state index in [1.54, 1.807) is 18.5 Å². The number of rotatable bonds is 5. The average Bonchev–Trinajstić information content (AvgIpc) is 3.47. The maximum absolute atomic E-state index is 5.76. The molecule has 30 heavy (non-hydrogen) atoms. The van der Waals surface area contributed by atoms with Crippen molar-refractivity contribution in [3.05, 3.63) is 103 Å². The zero-order valence-corrected chi connectivity index (χ0v) is 16.0. The number of para-hydroxylation sites is 1. The summed E-state index contributed by atoms with van der Waals surface area (Å²) in [6, 6.07) is 23.8. The molecule has 6 heteroatoms. The Labute approximate surface area is 173 Å². The van der Waals surface area contributed by atoms with Crippen LogP contribution in [-0.4, -0.2) is 25.0 Å². The van der Waals surface area contributed by atoms with Crippen molar-refractivity contribution in [1.82, 2.24) is 25.0 Å². The maximum atomic E-state index is 5.76. The molecule has 0 spiro atoms. The molecule has 0 bridgehead atoms. The number of benzene rings is 2. The van der Waals surface area contributed by atoms with Crippen LogP contribution in [0.25, 0.3) is 40.6 Å². The molecule has 0 aliphatic rings. The van der Waals surface area contributed by atoms with Crippen LogP contribution in [-0.2, 0) is 0 Å². The van der Waals surface area contributed by atoms with Crippen LogP contribution >= 0.6 is 0 Å². The molecule has 0 N–H and O–H groups in total. The third kappa shape index (κ3) is 3.66. The van der Waals surface area contributed by atoms with Gasteiger partial charge in [0.1, 0.15) is 0 Å². The monoisotopic (exact) mass is 391 g/mol. The van der Waals surface area contributed by atoms with Crippen LogP contribution in [0, 0.1) is 0 Å². The number of nitrogens with zero attached hydrogens (tertiary/aromatic N) is 5. The van der Waals surface area contributed by atoms with Crippen molar-refractivity contribution >= 4 is 12.2 Å². The fraction of sp³-hybridized carbons (Fsp3) is 0. The second kappa shape index (κ2) is 7.97. The second-order valence-corrected chi connectivity index (χ2v) is 6.59. The van der Waals surface area contributed by atoms with Crippen molar-refractivity contribution in [2.45, 2.75) is 0 Å². The molecule has 6 nitrogen and oxygen atoms in total. The molecule has 0 radical (unpaired) electrons. The van der Waals surface area contributed by atoms with E-state index >= 15 is 0 Å². The lowest BCUT2D eigenvalue weighted by molar-refractivity contribution is 0.558. The minimum absolute atomic E-state index is 0.424. The normalized spacial score (nSPS) is 11.2. The van der Waals surface area contributed by atoms with Crippen LogP contribution < -0.4 is 0 Å². The number of hydrogen-bond donors (Lipinski definition) is 0. The smallest absolute Gasteiger partial charge is 0.248 e. The largest absolute Gasteiger partial charge is 0.417 e. The first-order valence-corrected chi connectivity index (χ1v) is 9.49. The van der Waals surface area contributed by atoms with Crippen LogP contribution in [0.2, 0.25) is 0 Å². The van der Waals surface area contributed by atoms with Crippen molar-refractivity contribution in [2.24, 2.45) is 0 Å². The lowest BCUT2D eigenvalue weighted by Crippen LogP contribution is -1.93. The predicted molar refractivity (Wildman–Crippen MR) is 115 cm³/mol. The summed E-state index contributed by atoms with van der Waals surface area (Å²) in [6.07, 6.45) is 9.13. The van der Waals surface area contributed by atoms with E-state index < -0.39 is 0 Å². The van der Waals surface area contributed by atoms with E-state index in [0.717, 1.165) is 28.1 Å². The Morgan fingerprint density at radius 2 is 1.47 bits per heavy atom. The Morgan fingerprint density at radius 1 is 0.733 bits per heavy atom. The topological polar surface area (TPSA) is 69.6 Å². The van der Waals surface area contributed by atoms with E-state index in [2.05, 4.69) is 15.2 Å². The maximum Gasteiger partial charge on any atom is 0.248 e. The molecule has 0 saturated heterocycles. The first-order chi connectivity index (χ1) is 14.9. The second-order valence-electron chi connectivity index (χ2n) is 6.59. The molecule has 0 atom stereocenters. The van der Waals surface area contributed by atoms with Gasteiger partial charge in [0.2, 0.25) is 11.8 Å². The highest BCUT2D eigenvalue weighted by Crippen LogP contribution is 2.25. The SMILES string of the molecule is C(=C\c1cn(-c2ccccc2)nc1-c1ccccc1)/c1nnc(-c2ccncc2)o1. The van der Waals surface area contributed by atoms with Crippen molar-refractivity contribution in [1.29, 1.82) is 0 Å². The Morgan fingerprint density at radius 3 is 2.23 bits per heavy atom. The summed E-state index contributed by atoms with van der Waals surface area (Å²) >= 11 is 0. The van der Waals surface area contributed by atoms with Gasteiger partial charge in [-0.2, -0.15) is 5.10 Å². The average molecular weight is 391 g/mol. The Balaban J connectivity index is 1.50. The van der Waals surface area contributed by atoms with Gasteiger partial charge in [0.05, 0.1) is 11.4 Å². The summed E-state index contributed by atoms with van der Waals surface area (Å²) in [7, 11) is 0. The van der Waals surface area contributed by atoms with Gasteiger partial charge in [-0.25, -0.2) is 4.68 Å². The van der Waals surface area contributed by atoms with Crippen LogP contribution in [0.15, 0.2) is 95.8 Å². The van der Waals surface area contributed by atoms with Gasteiger partial charge in [0, 0.05) is 41.4 Å². The van der Waals surface area contributed by atoms with Crippen molar-refractivity contribution in [3.63, 3.8) is 0 Å². The molecule has 0 unspecified atom stereocenters. The third-order valence-corrected chi connectivity index (χ3v) is 4.58. The van der Waals surface area contributed by atoms with Gasteiger partial charge < -0.3 is 4.42 Å². The molecule has 0 aliphatic carbocycles. The van der Waals surface area contributed by atoms with Crippen LogP contribution in [0.1, 0.15) is 11.5 Å². The Bertz CT molecular complexity index is 1280. The van der Waals surface area contributed by atoms with Crippen molar-refractivity contribution in [2.75, 3.05) is 0 Å². The fourth-order valence-corrected chi connectivity index (χ4v) is 3.12. The van der Waals surface area contributed by atoms with E-state index in [9.17, 15) is 0 Å². The number of aromatic nitrogens is 5. The quantitative estimate of drug-likeness (QED) is 0.414. The van der Waals surface area contributed by atoms with Gasteiger partial charge in [-0.3, -0.25) is 4.98 Å². The highest BCUT2D eigenvalue weighted by molar-refractivity contribution is 5.77. The summed E-state index contributed by atoms with van der Waals surface area (Å²) < 4.78 is 7.64. The standard InChI is InChI=1S/C24H17N5O/c1-3-7-18(8-4-1)23-20(17-29(28-23)21-9-5-2-6-10-21)11-12-22-26-27-24(30-22)19-13-15-25-16-14-19/h1-17H/b12-11+. The highest BCUT2D eigenvalue weighted by atomic mass is 16.4. The Hall–Kier alpha value is -4.32. The zero-order valence-electron chi connectivity index (χ0n) is 16.0. The van der Waals surface area contributed by atoms with Crippen LogP contribution in [0.4, 0.5) is 0 Å². The lowest BCUT2D eigenvalue weighted by atomic mass is 10.1. The van der Waals surface area contributed by atoms with Gasteiger partial charge in [-0.05, 0) is 30.3 Å². The summed E-state index contributed by atoms with van der Waals surface area (Å²) in [4.78, 5) is 4.01. The molecule has 5 aromatic rings. The molecular weight excluding hydrogens is 374 g/mol. The van der Waals surface area contributed by atoms with Gasteiger partial charge >= 0.3 is 0 Å². The Kier molecular flexibility index (Phi) is 4.72. The predicted octanol–water partition coefficient (Wildman–Crippen LogP) is 5.15. The van der Waals surface area contributed by atoms with Crippen molar-refractivity contribution in [3.8, 4) is 28.4 Å². The van der Waals surface area contributed by atoms with E-state index in [-0.39, 0.29) is 0 Å². The first-order valence-electron chi connectivity index (χ1n) is 9.49. The molecule has 3 aromatic heterocycles. The summed E-state index contributed by atoms with van der Waals surface area (Å²) in [5.41, 5.74) is 4.69. The molecule has 0 saturated carbocycles. The minimum Gasteiger partial charge on any atom is -0.417 e. The number of pyridine rings is 1. The zero-order chi connectivity index (χ0) is 20.2. The molecule has 144 valence electrons. The lowest BCUT2D eigenvalue weighted by Gasteiger charge is -2.00. The van der Waals surface area contributed by atoms with E-state index in [4.69, 9.17) is 9.52 Å². The van der Waals surface area contributed by atoms with Gasteiger partial charge in [-0.1, -0.05) is 48.5 Å². The number of hydrogen-bond acceptors (Lipinski definition) is 5. The summed E-state index contributed by atoms with van der Waals surface area (Å²) in [5, 5.41) is 13.0. The van der Waals surface area contributed by atoms with Crippen molar-refractivity contribution < 1.29 is 4.42 Å². The summed E-state index contributed by atoms with van der Waals surface area (Å²) in [6.45, 7) is 0. The third-order valence-electron chi connectivity index (χ3n) is 4.58. The summed E-state index contributed by atoms with van der Waals surface area (Å²) in [5.74, 6) is 0.883. The molecule has 0 amide bonds. The van der Waals surface area contributed by atoms with E-state index in [1.165, 1.54) is 0 Å². The molecule has 5 rings (SSSR count). The minimum atomic E-state index is 0.424. The highest BCUT2D eigenvalue weighted by Gasteiger charge is 2.11. The fourth-order valence-electron chi connectivity index (χ4n) is 3.12. The molecule has 3 heterocycles. The van der Waals surface area contributed by atoms with Gasteiger partial charge in [0.25, 0.3) is 0 Å². The van der Waals surface area contributed by atoms with Gasteiger partial charge in [-0.15, -0.1) is 10.2 Å². The first kappa shape index (κ1) is 17.8. The van der Waals surface area contributed by atoms with Crippen LogP contribution in [0.5, 0.6) is 0 Å². The molecule has 0 fully saturated rings. The molecule has 2 aromatic carbocycles. The van der Waals surface area contributed by atoms with Crippen LogP contribution in [0.3, 0.4) is 0 Å². The molecule has 0 aliphatic heterocycles. The van der Waals surface area contributed by atoms with Gasteiger partial charge in [0.15, 0.2) is 0 Å². The van der Waals surface area contributed by atoms with E-state index in [1.807, 2.05) is 89.8 Å².